The number of nitrogens with zero attached hydrogens (tertiary/aromatic N) is 1. The van der Waals surface area contributed by atoms with Crippen LogP contribution in [-0.4, -0.2) is 17.4 Å². The second kappa shape index (κ2) is 6.13. The summed E-state index contributed by atoms with van der Waals surface area (Å²) in [6.07, 6.45) is 5.21. The fourth-order valence-electron chi connectivity index (χ4n) is 1.21. The molecule has 0 radical (unpaired) electrons. The van der Waals surface area contributed by atoms with E-state index in [-0.39, 0.29) is 5.91 Å². The van der Waals surface area contributed by atoms with E-state index in [2.05, 4.69) is 6.58 Å². The lowest BCUT2D eigenvalue weighted by Crippen LogP contribution is -2.22. The highest BCUT2D eigenvalue weighted by atomic mass is 35.5. The Kier molecular flexibility index (Phi) is 4.80. The SMILES string of the molecule is C=CCN(/C=C/c1ccccc1Cl)C(C)=O. The van der Waals surface area contributed by atoms with Gasteiger partial charge in [-0.3, -0.25) is 4.79 Å². The molecular weight excluding hydrogens is 222 g/mol. The van der Waals surface area contributed by atoms with Crippen LogP contribution in [0.2, 0.25) is 5.02 Å². The van der Waals surface area contributed by atoms with Gasteiger partial charge >= 0.3 is 0 Å². The van der Waals surface area contributed by atoms with Gasteiger partial charge in [-0.2, -0.15) is 0 Å². The predicted octanol–water partition coefficient (Wildman–Crippen LogP) is 3.35. The van der Waals surface area contributed by atoms with Crippen LogP contribution in [0.1, 0.15) is 12.5 Å². The first kappa shape index (κ1) is 12.5. The van der Waals surface area contributed by atoms with E-state index in [1.54, 1.807) is 17.2 Å². The van der Waals surface area contributed by atoms with E-state index < -0.39 is 0 Å². The van der Waals surface area contributed by atoms with Crippen molar-refractivity contribution in [3.63, 3.8) is 0 Å². The summed E-state index contributed by atoms with van der Waals surface area (Å²) in [6, 6.07) is 7.47. The Bertz CT molecular complexity index is 412. The summed E-state index contributed by atoms with van der Waals surface area (Å²) in [5.41, 5.74) is 0.888. The molecule has 0 aliphatic heterocycles. The average molecular weight is 236 g/mol. The lowest BCUT2D eigenvalue weighted by Gasteiger charge is -2.13. The first-order valence-electron chi connectivity index (χ1n) is 4.96. The molecule has 84 valence electrons. The van der Waals surface area contributed by atoms with Gasteiger partial charge in [-0.1, -0.05) is 35.9 Å². The molecule has 0 saturated heterocycles. The van der Waals surface area contributed by atoms with Gasteiger partial charge < -0.3 is 4.90 Å². The number of benzene rings is 1. The summed E-state index contributed by atoms with van der Waals surface area (Å²) >= 11 is 5.99. The number of carbonyl (C=O) groups is 1. The first-order chi connectivity index (χ1) is 7.65. The number of hydrogen-bond donors (Lipinski definition) is 0. The maximum Gasteiger partial charge on any atom is 0.223 e. The summed E-state index contributed by atoms with van der Waals surface area (Å²) in [5, 5.41) is 0.667. The van der Waals surface area contributed by atoms with Crippen molar-refractivity contribution in [2.24, 2.45) is 0 Å². The quantitative estimate of drug-likeness (QED) is 0.733. The van der Waals surface area contributed by atoms with Crippen molar-refractivity contribution in [2.45, 2.75) is 6.92 Å². The van der Waals surface area contributed by atoms with Crippen LogP contribution in [0.15, 0.2) is 43.1 Å². The molecule has 0 saturated carbocycles. The van der Waals surface area contributed by atoms with Gasteiger partial charge in [0.2, 0.25) is 5.91 Å². The summed E-state index contributed by atoms with van der Waals surface area (Å²) < 4.78 is 0. The number of hydrogen-bond acceptors (Lipinski definition) is 1. The monoisotopic (exact) mass is 235 g/mol. The van der Waals surface area contributed by atoms with Crippen LogP contribution in [0.3, 0.4) is 0 Å². The van der Waals surface area contributed by atoms with Crippen LogP contribution in [0.25, 0.3) is 6.08 Å². The summed E-state index contributed by atoms with van der Waals surface area (Å²) in [4.78, 5) is 12.8. The van der Waals surface area contributed by atoms with Crippen molar-refractivity contribution in [3.05, 3.63) is 53.7 Å². The van der Waals surface area contributed by atoms with Crippen LogP contribution < -0.4 is 0 Å². The van der Waals surface area contributed by atoms with E-state index >= 15 is 0 Å². The third-order valence-electron chi connectivity index (χ3n) is 2.07. The summed E-state index contributed by atoms with van der Waals surface area (Å²) in [6.45, 7) is 5.61. The van der Waals surface area contributed by atoms with Crippen LogP contribution in [0, 0.1) is 0 Å². The fraction of sp³-hybridized carbons (Fsp3) is 0.154. The summed E-state index contributed by atoms with van der Waals surface area (Å²) in [7, 11) is 0. The average Bonchev–Trinajstić information content (AvgIpc) is 2.26. The van der Waals surface area contributed by atoms with Gasteiger partial charge in [0, 0.05) is 24.7 Å². The minimum absolute atomic E-state index is 0.0248. The molecule has 0 fully saturated rings. The van der Waals surface area contributed by atoms with Gasteiger partial charge in [-0.15, -0.1) is 6.58 Å². The highest BCUT2D eigenvalue weighted by Crippen LogP contribution is 2.16. The number of rotatable bonds is 4. The predicted molar refractivity (Wildman–Crippen MR) is 68.1 cm³/mol. The third-order valence-corrected chi connectivity index (χ3v) is 2.41. The Morgan fingerprint density at radius 1 is 1.50 bits per heavy atom. The molecule has 0 heterocycles. The third kappa shape index (κ3) is 3.55. The molecule has 0 N–H and O–H groups in total. The molecule has 1 aromatic carbocycles. The number of amides is 1. The van der Waals surface area contributed by atoms with E-state index in [9.17, 15) is 4.79 Å². The highest BCUT2D eigenvalue weighted by molar-refractivity contribution is 6.32. The Labute approximate surface area is 101 Å². The van der Waals surface area contributed by atoms with E-state index in [1.165, 1.54) is 6.92 Å². The normalized spacial score (nSPS) is 10.4. The number of carbonyl (C=O) groups excluding carboxylic acids is 1. The van der Waals surface area contributed by atoms with Gasteiger partial charge in [0.25, 0.3) is 0 Å². The van der Waals surface area contributed by atoms with Crippen molar-refractivity contribution in [3.8, 4) is 0 Å². The standard InChI is InChI=1S/C13H14ClNO/c1-3-9-15(11(2)16)10-8-12-6-4-5-7-13(12)14/h3-8,10H,1,9H2,2H3/b10-8+. The Balaban J connectivity index is 2.82. The lowest BCUT2D eigenvalue weighted by molar-refractivity contribution is -0.125. The zero-order valence-corrected chi connectivity index (χ0v) is 9.95. The van der Waals surface area contributed by atoms with Crippen molar-refractivity contribution in [1.29, 1.82) is 0 Å². The lowest BCUT2D eigenvalue weighted by atomic mass is 10.2. The van der Waals surface area contributed by atoms with Crippen LogP contribution >= 0.6 is 11.6 Å². The van der Waals surface area contributed by atoms with Gasteiger partial charge in [0.05, 0.1) is 0 Å². The summed E-state index contributed by atoms with van der Waals surface area (Å²) in [5.74, 6) is -0.0248. The van der Waals surface area contributed by atoms with Crippen LogP contribution in [-0.2, 0) is 4.79 Å². The van der Waals surface area contributed by atoms with Gasteiger partial charge in [0.1, 0.15) is 0 Å². The molecule has 0 atom stereocenters. The molecular formula is C13H14ClNO. The van der Waals surface area contributed by atoms with Crippen molar-refractivity contribution < 1.29 is 4.79 Å². The fourth-order valence-corrected chi connectivity index (χ4v) is 1.41. The molecule has 0 spiro atoms. The van der Waals surface area contributed by atoms with E-state index in [0.717, 1.165) is 5.56 Å². The molecule has 0 bridgehead atoms. The topological polar surface area (TPSA) is 20.3 Å². The Morgan fingerprint density at radius 2 is 2.19 bits per heavy atom. The molecule has 2 nitrogen and oxygen atoms in total. The highest BCUT2D eigenvalue weighted by Gasteiger charge is 2.01. The van der Waals surface area contributed by atoms with E-state index in [4.69, 9.17) is 11.6 Å². The molecule has 0 aliphatic rings. The van der Waals surface area contributed by atoms with Gasteiger partial charge in [-0.25, -0.2) is 0 Å². The Hall–Kier alpha value is -1.54. The molecule has 3 heteroatoms. The molecule has 0 aliphatic carbocycles. The van der Waals surface area contributed by atoms with Gasteiger partial charge in [0.15, 0.2) is 0 Å². The second-order valence-electron chi connectivity index (χ2n) is 3.30. The van der Waals surface area contributed by atoms with Crippen molar-refractivity contribution in [2.75, 3.05) is 6.54 Å². The molecule has 1 amide bonds. The first-order valence-corrected chi connectivity index (χ1v) is 5.33. The molecule has 16 heavy (non-hydrogen) atoms. The zero-order chi connectivity index (χ0) is 12.0. The number of halogens is 1. The minimum atomic E-state index is -0.0248. The van der Waals surface area contributed by atoms with Crippen molar-refractivity contribution >= 4 is 23.6 Å². The van der Waals surface area contributed by atoms with Crippen LogP contribution in [0.5, 0.6) is 0 Å². The minimum Gasteiger partial charge on any atom is -0.316 e. The molecule has 1 aromatic rings. The van der Waals surface area contributed by atoms with Crippen molar-refractivity contribution in [1.82, 2.24) is 4.90 Å². The zero-order valence-electron chi connectivity index (χ0n) is 9.19. The molecule has 1 rings (SSSR count). The van der Waals surface area contributed by atoms with Crippen LogP contribution in [0.4, 0.5) is 0 Å². The van der Waals surface area contributed by atoms with E-state index in [0.29, 0.717) is 11.6 Å². The molecule has 0 unspecified atom stereocenters. The maximum atomic E-state index is 11.2. The maximum absolute atomic E-state index is 11.2. The molecule has 0 aromatic heterocycles. The second-order valence-corrected chi connectivity index (χ2v) is 3.70. The largest absolute Gasteiger partial charge is 0.316 e. The smallest absolute Gasteiger partial charge is 0.223 e. The Morgan fingerprint density at radius 3 is 2.75 bits per heavy atom. The van der Waals surface area contributed by atoms with E-state index in [1.807, 2.05) is 30.3 Å². The van der Waals surface area contributed by atoms with Gasteiger partial charge in [-0.05, 0) is 17.7 Å².